The van der Waals surface area contributed by atoms with Gasteiger partial charge in [-0.3, -0.25) is 19.2 Å². The number of nitrogens with zero attached hydrogens (tertiary/aromatic N) is 3. The summed E-state index contributed by atoms with van der Waals surface area (Å²) in [5, 5.41) is 5.91. The molecule has 16 heteroatoms. The lowest BCUT2D eigenvalue weighted by Gasteiger charge is -2.38. The molecular formula is C32H38F2N5O7PS. The second kappa shape index (κ2) is 14.8. The molecule has 4 amide bonds. The zero-order chi connectivity index (χ0) is 34.7. The van der Waals surface area contributed by atoms with E-state index in [0.717, 1.165) is 30.0 Å². The highest BCUT2D eigenvalue weighted by molar-refractivity contribution is 7.46. The molecule has 2 aliphatic rings. The molecule has 5 rings (SSSR count). The number of nitrogens with one attached hydrogen (secondary N) is 2. The fourth-order valence-corrected chi connectivity index (χ4v) is 7.23. The van der Waals surface area contributed by atoms with Gasteiger partial charge in [0.25, 0.3) is 5.91 Å². The fraction of sp³-hybridized carbons (Fsp3) is 0.438. The van der Waals surface area contributed by atoms with E-state index < -0.39 is 43.5 Å². The van der Waals surface area contributed by atoms with Crippen LogP contribution in [0.3, 0.4) is 0 Å². The van der Waals surface area contributed by atoms with Crippen molar-refractivity contribution < 1.29 is 42.5 Å². The number of rotatable bonds is 10. The SMILES string of the molecule is CC(=O)N1CC[C@H]2CC[C@@H](C(=O)Nc3ccc(OCCN(C)C)cc3)N2C(=O)[C@@H](NC(=O)c2cc3cc(C(F)(F)P(O)O)ccc3s2)C1. The maximum Gasteiger partial charge on any atom is 0.339 e. The molecule has 4 N–H and O–H groups in total. The first-order valence-electron chi connectivity index (χ1n) is 15.4. The first kappa shape index (κ1) is 35.6. The number of anilines is 1. The van der Waals surface area contributed by atoms with E-state index in [-0.39, 0.29) is 34.7 Å². The molecule has 0 bridgehead atoms. The van der Waals surface area contributed by atoms with Gasteiger partial charge >= 0.3 is 5.66 Å². The fourth-order valence-electron chi connectivity index (χ4n) is 5.92. The number of ether oxygens (including phenoxy) is 1. The van der Waals surface area contributed by atoms with E-state index in [9.17, 15) is 28.0 Å². The number of likely N-dealkylation sites (N-methyl/N-ethyl adjacent to an activating group) is 1. The molecule has 258 valence electrons. The average Bonchev–Trinajstić information content (AvgIpc) is 3.66. The van der Waals surface area contributed by atoms with Crippen molar-refractivity contribution in [2.45, 2.75) is 50.0 Å². The molecule has 3 aromatic rings. The Bertz CT molecular complexity index is 1670. The molecule has 0 radical (unpaired) electrons. The van der Waals surface area contributed by atoms with Crippen molar-refractivity contribution in [3.8, 4) is 5.75 Å². The topological polar surface area (TPSA) is 152 Å². The summed E-state index contributed by atoms with van der Waals surface area (Å²) < 4.78 is 34.7. The van der Waals surface area contributed by atoms with Gasteiger partial charge in [0.2, 0.25) is 26.1 Å². The van der Waals surface area contributed by atoms with Crippen LogP contribution in [0, 0.1) is 0 Å². The average molecular weight is 706 g/mol. The van der Waals surface area contributed by atoms with E-state index in [1.165, 1.54) is 28.9 Å². The minimum Gasteiger partial charge on any atom is -0.492 e. The first-order valence-corrected chi connectivity index (χ1v) is 17.5. The smallest absolute Gasteiger partial charge is 0.339 e. The van der Waals surface area contributed by atoms with Crippen molar-refractivity contribution in [1.29, 1.82) is 0 Å². The van der Waals surface area contributed by atoms with Gasteiger partial charge in [-0.25, -0.2) is 0 Å². The molecule has 0 saturated carbocycles. The highest BCUT2D eigenvalue weighted by Crippen LogP contribution is 2.53. The van der Waals surface area contributed by atoms with E-state index >= 15 is 0 Å². The van der Waals surface area contributed by atoms with Crippen LogP contribution >= 0.6 is 19.7 Å². The zero-order valence-electron chi connectivity index (χ0n) is 26.7. The van der Waals surface area contributed by atoms with E-state index in [1.54, 1.807) is 24.3 Å². The van der Waals surface area contributed by atoms with Crippen molar-refractivity contribution in [1.82, 2.24) is 20.0 Å². The summed E-state index contributed by atoms with van der Waals surface area (Å²) >= 11 is 1.01. The number of thiophene rings is 1. The number of halogens is 2. The third-order valence-corrected chi connectivity index (χ3v) is 10.4. The van der Waals surface area contributed by atoms with Crippen LogP contribution in [0.25, 0.3) is 10.1 Å². The summed E-state index contributed by atoms with van der Waals surface area (Å²) in [6.45, 7) is 2.87. The Kier molecular flexibility index (Phi) is 11.0. The molecule has 2 aliphatic heterocycles. The summed E-state index contributed by atoms with van der Waals surface area (Å²) in [7, 11) is 0.335. The van der Waals surface area contributed by atoms with Gasteiger partial charge in [-0.05, 0) is 81.2 Å². The summed E-state index contributed by atoms with van der Waals surface area (Å²) in [5.74, 6) is -1.12. The van der Waals surface area contributed by atoms with Crippen LogP contribution in [-0.2, 0) is 20.0 Å². The lowest BCUT2D eigenvalue weighted by molar-refractivity contribution is -0.143. The van der Waals surface area contributed by atoms with Crippen LogP contribution in [0.2, 0.25) is 0 Å². The second-order valence-corrected chi connectivity index (χ2v) is 14.4. The highest BCUT2D eigenvalue weighted by atomic mass is 32.1. The molecule has 0 unspecified atom stereocenters. The molecule has 1 aromatic heterocycles. The van der Waals surface area contributed by atoms with Crippen LogP contribution in [0.15, 0.2) is 48.5 Å². The first-order chi connectivity index (χ1) is 22.7. The lowest BCUT2D eigenvalue weighted by Crippen LogP contribution is -2.60. The Balaban J connectivity index is 1.32. The normalized spacial score (nSPS) is 20.1. The van der Waals surface area contributed by atoms with Crippen LogP contribution in [-0.4, -0.2) is 107 Å². The van der Waals surface area contributed by atoms with Crippen LogP contribution < -0.4 is 15.4 Å². The minimum absolute atomic E-state index is 0.107. The Hall–Kier alpha value is -3.75. The third kappa shape index (κ3) is 7.92. The zero-order valence-corrected chi connectivity index (χ0v) is 28.4. The molecule has 0 aliphatic carbocycles. The van der Waals surface area contributed by atoms with Crippen molar-refractivity contribution in [2.24, 2.45) is 0 Å². The van der Waals surface area contributed by atoms with Gasteiger partial charge in [0.1, 0.15) is 24.4 Å². The largest absolute Gasteiger partial charge is 0.492 e. The molecule has 2 fully saturated rings. The molecular weight excluding hydrogens is 667 g/mol. The number of benzene rings is 2. The molecule has 12 nitrogen and oxygen atoms in total. The van der Waals surface area contributed by atoms with E-state index in [0.29, 0.717) is 48.6 Å². The van der Waals surface area contributed by atoms with E-state index in [1.807, 2.05) is 19.0 Å². The Morgan fingerprint density at radius 3 is 2.48 bits per heavy atom. The summed E-state index contributed by atoms with van der Waals surface area (Å²) in [6.07, 6.45) is 1.42. The molecule has 3 heterocycles. The Morgan fingerprint density at radius 1 is 1.08 bits per heavy atom. The van der Waals surface area contributed by atoms with Crippen molar-refractivity contribution in [3.63, 3.8) is 0 Å². The Morgan fingerprint density at radius 2 is 1.81 bits per heavy atom. The van der Waals surface area contributed by atoms with Crippen LogP contribution in [0.4, 0.5) is 14.5 Å². The minimum atomic E-state index is -3.85. The number of fused-ring (bicyclic) bond motifs is 2. The van der Waals surface area contributed by atoms with Gasteiger partial charge in [-0.1, -0.05) is 6.07 Å². The predicted molar refractivity (Wildman–Crippen MR) is 178 cm³/mol. The molecule has 48 heavy (non-hydrogen) atoms. The number of alkyl halides is 2. The number of carbonyl (C=O) groups excluding carboxylic acids is 4. The molecule has 2 aromatic carbocycles. The third-order valence-electron chi connectivity index (χ3n) is 8.51. The van der Waals surface area contributed by atoms with Gasteiger partial charge in [0, 0.05) is 48.6 Å². The summed E-state index contributed by atoms with van der Waals surface area (Å²) in [6, 6.07) is 9.56. The van der Waals surface area contributed by atoms with Crippen molar-refractivity contribution >= 4 is 59.1 Å². The predicted octanol–water partition coefficient (Wildman–Crippen LogP) is 3.54. The second-order valence-electron chi connectivity index (χ2n) is 12.1. The Labute approximate surface area is 281 Å². The van der Waals surface area contributed by atoms with E-state index in [4.69, 9.17) is 14.5 Å². The monoisotopic (exact) mass is 705 g/mol. The maximum atomic E-state index is 14.2. The lowest BCUT2D eigenvalue weighted by atomic mass is 10.1. The summed E-state index contributed by atoms with van der Waals surface area (Å²) in [4.78, 5) is 77.1. The van der Waals surface area contributed by atoms with Crippen LogP contribution in [0.1, 0.15) is 41.4 Å². The quantitative estimate of drug-likeness (QED) is 0.234. The molecule has 3 atom stereocenters. The standard InChI is InChI=1S/C32H38F2N5O7PS/c1-19(40)38-13-12-23-7-10-26(29(41)35-22-5-8-24(9-6-22)46-15-14-37(2)3)39(23)31(43)25(18-38)36-30(42)28-17-20-16-21(4-11-27(20)48-28)32(33,34)47(44)45/h4-6,8-9,11,16-17,23,25-26,44-45H,7,10,12-15,18H2,1-3H3,(H,35,41)(H,36,42)/t23-,25+,26+/m1/s1. The maximum absolute atomic E-state index is 14.2. The van der Waals surface area contributed by atoms with Gasteiger partial charge in [-0.2, -0.15) is 8.78 Å². The van der Waals surface area contributed by atoms with Gasteiger partial charge in [0.05, 0.1) is 4.88 Å². The summed E-state index contributed by atoms with van der Waals surface area (Å²) in [5.41, 5.74) is -3.92. The number of carbonyl (C=O) groups is 4. The van der Waals surface area contributed by atoms with Crippen molar-refractivity contribution in [3.05, 3.63) is 59.0 Å². The van der Waals surface area contributed by atoms with Crippen molar-refractivity contribution in [2.75, 3.05) is 45.7 Å². The number of hydrogen-bond donors (Lipinski definition) is 4. The van der Waals surface area contributed by atoms with E-state index in [2.05, 4.69) is 10.6 Å². The number of amides is 4. The van der Waals surface area contributed by atoms with Gasteiger partial charge < -0.3 is 39.9 Å². The molecule has 0 spiro atoms. The van der Waals surface area contributed by atoms with Crippen LogP contribution in [0.5, 0.6) is 5.75 Å². The molecule has 2 saturated heterocycles. The number of hydrogen-bond acceptors (Lipinski definition) is 9. The van der Waals surface area contributed by atoms with Gasteiger partial charge in [0.15, 0.2) is 0 Å². The van der Waals surface area contributed by atoms with Gasteiger partial charge in [-0.15, -0.1) is 11.3 Å². The highest BCUT2D eigenvalue weighted by Gasteiger charge is 2.45.